The van der Waals surface area contributed by atoms with Crippen molar-refractivity contribution < 1.29 is 14.3 Å². The highest BCUT2D eigenvalue weighted by atomic mass is 16.5. The number of ether oxygens (including phenoxy) is 1. The molecule has 2 atom stereocenters. The van der Waals surface area contributed by atoms with E-state index in [4.69, 9.17) is 4.74 Å². The van der Waals surface area contributed by atoms with E-state index in [0.29, 0.717) is 24.6 Å². The van der Waals surface area contributed by atoms with Gasteiger partial charge in [0.15, 0.2) is 12.1 Å². The lowest BCUT2D eigenvalue weighted by Crippen LogP contribution is -2.39. The molecule has 0 aromatic heterocycles. The fourth-order valence-electron chi connectivity index (χ4n) is 3.24. The minimum Gasteiger partial charge on any atom is -0.494 e. The molecule has 0 radical (unpaired) electrons. The molecule has 7 heteroatoms. The van der Waals surface area contributed by atoms with Gasteiger partial charge in [0.25, 0.3) is 11.8 Å². The second-order valence-electron chi connectivity index (χ2n) is 6.12. The highest BCUT2D eigenvalue weighted by Gasteiger charge is 2.54. The molecule has 7 nitrogen and oxygen atoms in total. The van der Waals surface area contributed by atoms with Crippen molar-refractivity contribution in [3.8, 4) is 5.75 Å². The lowest BCUT2D eigenvalue weighted by atomic mass is 10.1. The van der Waals surface area contributed by atoms with E-state index in [1.165, 1.54) is 4.90 Å². The Labute approximate surface area is 150 Å². The van der Waals surface area contributed by atoms with Crippen molar-refractivity contribution in [2.24, 2.45) is 10.3 Å². The van der Waals surface area contributed by atoms with Gasteiger partial charge in [0.05, 0.1) is 18.8 Å². The molecule has 0 unspecified atom stereocenters. The Bertz CT molecular complexity index is 851. The normalized spacial score (nSPS) is 21.4. The van der Waals surface area contributed by atoms with Crippen LogP contribution in [0.5, 0.6) is 5.75 Å². The van der Waals surface area contributed by atoms with E-state index in [1.54, 1.807) is 29.3 Å². The van der Waals surface area contributed by atoms with E-state index < -0.39 is 12.1 Å². The summed E-state index contributed by atoms with van der Waals surface area (Å²) in [6.45, 7) is 2.89. The van der Waals surface area contributed by atoms with Gasteiger partial charge in [-0.3, -0.25) is 14.6 Å². The van der Waals surface area contributed by atoms with Gasteiger partial charge in [-0.25, -0.2) is 4.90 Å². The van der Waals surface area contributed by atoms with Gasteiger partial charge in [-0.1, -0.05) is 35.6 Å². The molecule has 132 valence electrons. The lowest BCUT2D eigenvalue weighted by Gasteiger charge is -2.20. The zero-order chi connectivity index (χ0) is 18.1. The monoisotopic (exact) mass is 350 g/mol. The molecule has 2 aliphatic heterocycles. The highest BCUT2D eigenvalue weighted by molar-refractivity contribution is 6.25. The average Bonchev–Trinajstić information content (AvgIpc) is 3.18. The van der Waals surface area contributed by atoms with Crippen molar-refractivity contribution in [1.82, 2.24) is 5.01 Å². The van der Waals surface area contributed by atoms with Gasteiger partial charge < -0.3 is 4.74 Å². The number of carbonyl (C=O) groups excluding carboxylic acids is 2. The van der Waals surface area contributed by atoms with Crippen LogP contribution < -0.4 is 9.64 Å². The summed E-state index contributed by atoms with van der Waals surface area (Å²) >= 11 is 0. The Balaban J connectivity index is 1.56. The average molecular weight is 350 g/mol. The summed E-state index contributed by atoms with van der Waals surface area (Å²) in [6, 6.07) is 15.1. The lowest BCUT2D eigenvalue weighted by molar-refractivity contribution is -0.123. The summed E-state index contributed by atoms with van der Waals surface area (Å²) < 4.78 is 5.41. The van der Waals surface area contributed by atoms with Crippen LogP contribution in [0.3, 0.4) is 0 Å². The van der Waals surface area contributed by atoms with Crippen molar-refractivity contribution >= 4 is 17.5 Å². The number of carbonyl (C=O) groups is 2. The fraction of sp³-hybridized carbons (Fsp3) is 0.263. The Morgan fingerprint density at radius 3 is 2.42 bits per heavy atom. The number of fused-ring (bicyclic) bond motifs is 1. The smallest absolute Gasteiger partial charge is 0.263 e. The van der Waals surface area contributed by atoms with Crippen LogP contribution in [-0.2, 0) is 16.1 Å². The number of benzene rings is 2. The molecule has 0 bridgehead atoms. The Kier molecular flexibility index (Phi) is 4.12. The number of hydrogen-bond acceptors (Lipinski definition) is 6. The molecule has 26 heavy (non-hydrogen) atoms. The van der Waals surface area contributed by atoms with E-state index in [1.807, 2.05) is 37.3 Å². The van der Waals surface area contributed by atoms with Crippen LogP contribution in [0.25, 0.3) is 0 Å². The number of hydrogen-bond donors (Lipinski definition) is 0. The van der Waals surface area contributed by atoms with Crippen LogP contribution >= 0.6 is 0 Å². The highest BCUT2D eigenvalue weighted by Crippen LogP contribution is 2.33. The Morgan fingerprint density at radius 1 is 1.00 bits per heavy atom. The third-order valence-corrected chi connectivity index (χ3v) is 4.45. The van der Waals surface area contributed by atoms with Crippen molar-refractivity contribution in [2.75, 3.05) is 11.5 Å². The molecule has 0 N–H and O–H groups in total. The molecule has 2 aliphatic rings. The van der Waals surface area contributed by atoms with Crippen molar-refractivity contribution in [2.45, 2.75) is 25.6 Å². The topological polar surface area (TPSA) is 74.6 Å². The largest absolute Gasteiger partial charge is 0.494 e. The summed E-state index contributed by atoms with van der Waals surface area (Å²) in [5.41, 5.74) is 1.53. The molecule has 2 aromatic carbocycles. The first-order valence-corrected chi connectivity index (χ1v) is 8.51. The van der Waals surface area contributed by atoms with Crippen LogP contribution in [0.15, 0.2) is 64.9 Å². The molecule has 2 heterocycles. The number of anilines is 1. The molecule has 2 aromatic rings. The van der Waals surface area contributed by atoms with Gasteiger partial charge in [-0.15, -0.1) is 0 Å². The summed E-state index contributed by atoms with van der Waals surface area (Å²) in [7, 11) is 0. The minimum atomic E-state index is -0.780. The van der Waals surface area contributed by atoms with Gasteiger partial charge in [-0.2, -0.15) is 5.11 Å². The number of imide groups is 1. The minimum absolute atomic E-state index is 0.301. The number of amides is 2. The summed E-state index contributed by atoms with van der Waals surface area (Å²) in [4.78, 5) is 26.8. The molecule has 0 aliphatic carbocycles. The molecule has 0 spiro atoms. The number of nitrogens with zero attached hydrogens (tertiary/aromatic N) is 4. The van der Waals surface area contributed by atoms with Gasteiger partial charge >= 0.3 is 0 Å². The third-order valence-electron chi connectivity index (χ3n) is 4.45. The first-order valence-electron chi connectivity index (χ1n) is 8.51. The molecular formula is C19H18N4O3. The molecule has 1 fully saturated rings. The van der Waals surface area contributed by atoms with Gasteiger partial charge in [-0.05, 0) is 36.8 Å². The van der Waals surface area contributed by atoms with Gasteiger partial charge in [0.2, 0.25) is 0 Å². The standard InChI is InChI=1S/C19H18N4O3/c1-2-26-15-10-8-14(9-11-15)23-18(24)16-17(19(23)25)22(21-20-16)12-13-6-4-3-5-7-13/h3-11,16-17H,2,12H2,1H3/t16-,17-/m0/s1. The van der Waals surface area contributed by atoms with Crippen molar-refractivity contribution in [1.29, 1.82) is 0 Å². The zero-order valence-electron chi connectivity index (χ0n) is 14.3. The first-order chi connectivity index (χ1) is 12.7. The van der Waals surface area contributed by atoms with Crippen LogP contribution in [0.2, 0.25) is 0 Å². The van der Waals surface area contributed by atoms with E-state index >= 15 is 0 Å². The van der Waals surface area contributed by atoms with E-state index in [2.05, 4.69) is 10.3 Å². The van der Waals surface area contributed by atoms with E-state index in [9.17, 15) is 9.59 Å². The van der Waals surface area contributed by atoms with Crippen LogP contribution in [0.4, 0.5) is 5.69 Å². The molecule has 4 rings (SSSR count). The van der Waals surface area contributed by atoms with E-state index in [0.717, 1.165) is 5.56 Å². The molecule has 1 saturated heterocycles. The maximum Gasteiger partial charge on any atom is 0.263 e. The Hall–Kier alpha value is -3.22. The molecule has 2 amide bonds. The van der Waals surface area contributed by atoms with Crippen molar-refractivity contribution in [3.05, 3.63) is 60.2 Å². The predicted molar refractivity (Wildman–Crippen MR) is 94.5 cm³/mol. The quantitative estimate of drug-likeness (QED) is 0.777. The maximum absolute atomic E-state index is 12.9. The van der Waals surface area contributed by atoms with E-state index in [-0.39, 0.29) is 11.8 Å². The van der Waals surface area contributed by atoms with Crippen LogP contribution in [0.1, 0.15) is 12.5 Å². The molecular weight excluding hydrogens is 332 g/mol. The van der Waals surface area contributed by atoms with Crippen LogP contribution in [-0.4, -0.2) is 35.5 Å². The summed E-state index contributed by atoms with van der Waals surface area (Å²) in [5.74, 6) is 0.0505. The van der Waals surface area contributed by atoms with Crippen molar-refractivity contribution in [3.63, 3.8) is 0 Å². The SMILES string of the molecule is CCOc1ccc(N2C(=O)[C@H]3N=NN(Cc4ccccc4)[C@@H]3C2=O)cc1. The van der Waals surface area contributed by atoms with Gasteiger partial charge in [0, 0.05) is 0 Å². The van der Waals surface area contributed by atoms with Gasteiger partial charge in [0.1, 0.15) is 5.75 Å². The predicted octanol–water partition coefficient (Wildman–Crippen LogP) is 2.58. The first kappa shape index (κ1) is 16.3. The number of rotatable bonds is 5. The van der Waals surface area contributed by atoms with Crippen LogP contribution in [0, 0.1) is 0 Å². The Morgan fingerprint density at radius 2 is 1.73 bits per heavy atom. The maximum atomic E-state index is 12.9. The zero-order valence-corrected chi connectivity index (χ0v) is 14.3. The molecule has 0 saturated carbocycles. The summed E-state index contributed by atoms with van der Waals surface area (Å²) in [6.07, 6.45) is 0. The third kappa shape index (κ3) is 2.71. The second kappa shape index (κ2) is 6.59. The summed E-state index contributed by atoms with van der Waals surface area (Å²) in [5, 5.41) is 9.69. The fourth-order valence-corrected chi connectivity index (χ4v) is 3.24. The second-order valence-corrected chi connectivity index (χ2v) is 6.12.